The largest absolute Gasteiger partial charge is 0.450 e. The SMILES string of the molecule is CCOC(=O)N1CCC(c2nc(-c3ccc(F)cc3)c(-c3ccnc(Nc4ccccc4)n3)s2)CC1. The Morgan fingerprint density at radius 2 is 1.83 bits per heavy atom. The van der Waals surface area contributed by atoms with E-state index in [1.165, 1.54) is 12.1 Å². The minimum Gasteiger partial charge on any atom is -0.450 e. The summed E-state index contributed by atoms with van der Waals surface area (Å²) in [6.07, 6.45) is 3.07. The van der Waals surface area contributed by atoms with E-state index in [4.69, 9.17) is 14.7 Å². The molecular formula is C27H26FN5O2S. The van der Waals surface area contributed by atoms with E-state index in [0.29, 0.717) is 25.6 Å². The molecule has 7 nitrogen and oxygen atoms in total. The number of halogens is 1. The van der Waals surface area contributed by atoms with E-state index in [2.05, 4.69) is 10.3 Å². The second-order valence-electron chi connectivity index (χ2n) is 8.45. The van der Waals surface area contributed by atoms with Crippen LogP contribution in [0.3, 0.4) is 0 Å². The third-order valence-electron chi connectivity index (χ3n) is 6.05. The first-order valence-electron chi connectivity index (χ1n) is 11.9. The van der Waals surface area contributed by atoms with Gasteiger partial charge in [0.2, 0.25) is 5.95 Å². The maximum absolute atomic E-state index is 13.6. The predicted molar refractivity (Wildman–Crippen MR) is 139 cm³/mol. The number of para-hydroxylation sites is 1. The lowest BCUT2D eigenvalue weighted by Gasteiger charge is -2.30. The Balaban J connectivity index is 1.45. The Kier molecular flexibility index (Phi) is 7.18. The summed E-state index contributed by atoms with van der Waals surface area (Å²) in [6.45, 7) is 3.44. The normalized spacial score (nSPS) is 14.0. The number of hydrogen-bond acceptors (Lipinski definition) is 7. The van der Waals surface area contributed by atoms with E-state index in [1.807, 2.05) is 43.3 Å². The van der Waals surface area contributed by atoms with Crippen molar-refractivity contribution in [2.24, 2.45) is 0 Å². The topological polar surface area (TPSA) is 80.2 Å². The minimum atomic E-state index is -0.293. The number of carbonyl (C=O) groups excluding carboxylic acids is 1. The number of anilines is 2. The van der Waals surface area contributed by atoms with Gasteiger partial charge in [-0.05, 0) is 62.2 Å². The summed E-state index contributed by atoms with van der Waals surface area (Å²) >= 11 is 1.60. The molecule has 0 unspecified atom stereocenters. The quantitative estimate of drug-likeness (QED) is 0.324. The lowest BCUT2D eigenvalue weighted by molar-refractivity contribution is 0.0970. The summed E-state index contributed by atoms with van der Waals surface area (Å²) in [7, 11) is 0. The Hall–Kier alpha value is -3.85. The lowest BCUT2D eigenvalue weighted by atomic mass is 9.98. The van der Waals surface area contributed by atoms with Gasteiger partial charge >= 0.3 is 6.09 Å². The monoisotopic (exact) mass is 503 g/mol. The third-order valence-corrected chi connectivity index (χ3v) is 7.29. The molecule has 1 fully saturated rings. The molecule has 36 heavy (non-hydrogen) atoms. The molecule has 2 aromatic heterocycles. The van der Waals surface area contributed by atoms with Crippen LogP contribution in [0.15, 0.2) is 66.9 Å². The van der Waals surface area contributed by atoms with Gasteiger partial charge in [0, 0.05) is 36.5 Å². The molecular weight excluding hydrogens is 477 g/mol. The number of ether oxygens (including phenoxy) is 1. The van der Waals surface area contributed by atoms with Crippen LogP contribution in [0.25, 0.3) is 21.8 Å². The summed E-state index contributed by atoms with van der Waals surface area (Å²) in [5.41, 5.74) is 3.24. The van der Waals surface area contributed by atoms with Crippen LogP contribution in [0.4, 0.5) is 20.8 Å². The molecule has 2 aromatic carbocycles. The molecule has 0 aliphatic carbocycles. The van der Waals surface area contributed by atoms with Crippen LogP contribution in [0.2, 0.25) is 0 Å². The molecule has 0 saturated carbocycles. The van der Waals surface area contributed by atoms with Gasteiger partial charge in [-0.1, -0.05) is 18.2 Å². The van der Waals surface area contributed by atoms with Gasteiger partial charge in [-0.15, -0.1) is 11.3 Å². The Morgan fingerprint density at radius 3 is 2.56 bits per heavy atom. The summed E-state index contributed by atoms with van der Waals surface area (Å²) in [6, 6.07) is 18.0. The Bertz CT molecular complexity index is 1320. The van der Waals surface area contributed by atoms with Gasteiger partial charge in [0.05, 0.1) is 27.9 Å². The molecule has 1 saturated heterocycles. The van der Waals surface area contributed by atoms with Crippen molar-refractivity contribution >= 4 is 29.1 Å². The maximum Gasteiger partial charge on any atom is 0.409 e. The van der Waals surface area contributed by atoms with E-state index in [-0.39, 0.29) is 17.8 Å². The van der Waals surface area contributed by atoms with Crippen molar-refractivity contribution in [2.45, 2.75) is 25.7 Å². The summed E-state index contributed by atoms with van der Waals surface area (Å²) < 4.78 is 18.8. The van der Waals surface area contributed by atoms with Gasteiger partial charge in [0.25, 0.3) is 0 Å². The summed E-state index contributed by atoms with van der Waals surface area (Å²) in [5.74, 6) is 0.414. The maximum atomic E-state index is 13.6. The van der Waals surface area contributed by atoms with Crippen molar-refractivity contribution in [3.05, 3.63) is 77.7 Å². The van der Waals surface area contributed by atoms with Crippen molar-refractivity contribution in [2.75, 3.05) is 25.0 Å². The average Bonchev–Trinajstić information content (AvgIpc) is 3.36. The van der Waals surface area contributed by atoms with Crippen LogP contribution in [0.5, 0.6) is 0 Å². The first kappa shape index (κ1) is 23.9. The van der Waals surface area contributed by atoms with E-state index in [1.54, 1.807) is 34.6 Å². The van der Waals surface area contributed by atoms with Gasteiger partial charge in [-0.3, -0.25) is 0 Å². The fraction of sp³-hybridized carbons (Fsp3) is 0.259. The van der Waals surface area contributed by atoms with Crippen LogP contribution < -0.4 is 5.32 Å². The number of thiazole rings is 1. The lowest BCUT2D eigenvalue weighted by Crippen LogP contribution is -2.38. The van der Waals surface area contributed by atoms with Crippen LogP contribution in [0, 0.1) is 5.82 Å². The van der Waals surface area contributed by atoms with E-state index in [9.17, 15) is 9.18 Å². The van der Waals surface area contributed by atoms with Gasteiger partial charge in [0.1, 0.15) is 5.82 Å². The zero-order valence-corrected chi connectivity index (χ0v) is 20.7. The highest BCUT2D eigenvalue weighted by Crippen LogP contribution is 2.41. The summed E-state index contributed by atoms with van der Waals surface area (Å²) in [4.78, 5) is 28.9. The van der Waals surface area contributed by atoms with Crippen LogP contribution in [0.1, 0.15) is 30.7 Å². The number of amides is 1. The smallest absolute Gasteiger partial charge is 0.409 e. The molecule has 1 amide bonds. The fourth-order valence-electron chi connectivity index (χ4n) is 4.21. The Morgan fingerprint density at radius 1 is 1.08 bits per heavy atom. The minimum absolute atomic E-state index is 0.220. The van der Waals surface area contributed by atoms with Crippen LogP contribution >= 0.6 is 11.3 Å². The van der Waals surface area contributed by atoms with Crippen molar-refractivity contribution in [3.8, 4) is 21.8 Å². The van der Waals surface area contributed by atoms with Crippen LogP contribution in [-0.2, 0) is 4.74 Å². The highest BCUT2D eigenvalue weighted by atomic mass is 32.1. The number of aromatic nitrogens is 3. The number of benzene rings is 2. The molecule has 9 heteroatoms. The molecule has 0 radical (unpaired) electrons. The highest BCUT2D eigenvalue weighted by molar-refractivity contribution is 7.15. The predicted octanol–water partition coefficient (Wildman–Crippen LogP) is 6.49. The van der Waals surface area contributed by atoms with Gasteiger partial charge in [-0.25, -0.2) is 24.1 Å². The zero-order chi connectivity index (χ0) is 24.9. The second kappa shape index (κ2) is 10.8. The number of hydrogen-bond donors (Lipinski definition) is 1. The molecule has 1 aliphatic heterocycles. The number of likely N-dealkylation sites (tertiary alicyclic amines) is 1. The van der Waals surface area contributed by atoms with Gasteiger partial charge < -0.3 is 15.0 Å². The molecule has 0 atom stereocenters. The number of piperidine rings is 1. The molecule has 1 N–H and O–H groups in total. The van der Waals surface area contributed by atoms with Crippen molar-refractivity contribution in [3.63, 3.8) is 0 Å². The second-order valence-corrected chi connectivity index (χ2v) is 9.48. The van der Waals surface area contributed by atoms with E-state index in [0.717, 1.165) is 45.4 Å². The van der Waals surface area contributed by atoms with Crippen molar-refractivity contribution in [1.82, 2.24) is 19.9 Å². The third kappa shape index (κ3) is 5.36. The molecule has 0 bridgehead atoms. The van der Waals surface area contributed by atoms with E-state index < -0.39 is 0 Å². The molecule has 5 rings (SSSR count). The number of carbonyl (C=O) groups is 1. The van der Waals surface area contributed by atoms with Crippen LogP contribution in [-0.4, -0.2) is 45.6 Å². The van der Waals surface area contributed by atoms with Gasteiger partial charge in [0.15, 0.2) is 0 Å². The number of nitrogens with one attached hydrogen (secondary N) is 1. The number of rotatable bonds is 6. The first-order valence-corrected chi connectivity index (χ1v) is 12.8. The Labute approximate surface area is 213 Å². The molecule has 0 spiro atoms. The average molecular weight is 504 g/mol. The van der Waals surface area contributed by atoms with Crippen molar-refractivity contribution in [1.29, 1.82) is 0 Å². The molecule has 184 valence electrons. The summed E-state index contributed by atoms with van der Waals surface area (Å²) in [5, 5.41) is 4.23. The van der Waals surface area contributed by atoms with E-state index >= 15 is 0 Å². The van der Waals surface area contributed by atoms with Crippen molar-refractivity contribution < 1.29 is 13.9 Å². The highest BCUT2D eigenvalue weighted by Gasteiger charge is 2.28. The fourth-order valence-corrected chi connectivity index (χ4v) is 5.43. The standard InChI is InChI=1S/C27H26FN5O2S/c1-2-35-27(34)33-16-13-19(14-17-33)25-32-23(18-8-10-20(28)11-9-18)24(36-25)22-12-15-29-26(31-22)30-21-6-4-3-5-7-21/h3-12,15,19H,2,13-14,16-17H2,1H3,(H,29,30,31). The number of nitrogens with zero attached hydrogens (tertiary/aromatic N) is 4. The molecule has 4 aromatic rings. The molecule has 1 aliphatic rings. The van der Waals surface area contributed by atoms with Gasteiger partial charge in [-0.2, -0.15) is 0 Å². The zero-order valence-electron chi connectivity index (χ0n) is 19.9. The molecule has 3 heterocycles. The first-order chi connectivity index (χ1) is 17.6.